The van der Waals surface area contributed by atoms with Crippen LogP contribution in [0.3, 0.4) is 0 Å². The molecule has 0 aliphatic heterocycles. The van der Waals surface area contributed by atoms with E-state index in [4.69, 9.17) is 9.84 Å². The van der Waals surface area contributed by atoms with Crippen molar-refractivity contribution in [2.24, 2.45) is 0 Å². The van der Waals surface area contributed by atoms with Gasteiger partial charge in [0.05, 0.1) is 17.2 Å². The van der Waals surface area contributed by atoms with Gasteiger partial charge in [-0.25, -0.2) is 4.98 Å². The average molecular weight is 443 g/mol. The molecule has 4 aromatic heterocycles. The highest BCUT2D eigenvalue weighted by Crippen LogP contribution is 2.26. The number of hydrogen-bond acceptors (Lipinski definition) is 7. The van der Waals surface area contributed by atoms with Crippen LogP contribution in [0.2, 0.25) is 0 Å². The summed E-state index contributed by atoms with van der Waals surface area (Å²) in [6.07, 6.45) is 1.60. The molecule has 1 aromatic carbocycles. The van der Waals surface area contributed by atoms with E-state index >= 15 is 0 Å². The van der Waals surface area contributed by atoms with Crippen molar-refractivity contribution in [3.05, 3.63) is 77.8 Å². The topological polar surface area (TPSA) is 94.3 Å². The second-order valence-electron chi connectivity index (χ2n) is 6.81. The number of aromatic nitrogens is 5. The zero-order valence-corrected chi connectivity index (χ0v) is 17.9. The third kappa shape index (κ3) is 3.81. The van der Waals surface area contributed by atoms with Crippen molar-refractivity contribution in [2.45, 2.75) is 6.92 Å². The third-order valence-corrected chi connectivity index (χ3v) is 5.58. The SMILES string of the molecule is CCOc1ncccc1C(=O)Nc1cccc(-c2ccc3nnc(-c4cccs4)n3n2)c1. The quantitative estimate of drug-likeness (QED) is 0.414. The average Bonchev–Trinajstić information content (AvgIpc) is 3.49. The molecule has 9 heteroatoms. The van der Waals surface area contributed by atoms with Crippen LogP contribution < -0.4 is 10.1 Å². The number of carbonyl (C=O) groups excluding carboxylic acids is 1. The number of anilines is 1. The number of nitrogens with zero attached hydrogens (tertiary/aromatic N) is 5. The van der Waals surface area contributed by atoms with Gasteiger partial charge in [-0.15, -0.1) is 21.5 Å². The van der Waals surface area contributed by atoms with E-state index in [9.17, 15) is 4.79 Å². The molecule has 4 heterocycles. The maximum Gasteiger partial charge on any atom is 0.261 e. The van der Waals surface area contributed by atoms with E-state index in [0.29, 0.717) is 35.2 Å². The van der Waals surface area contributed by atoms with E-state index in [-0.39, 0.29) is 5.91 Å². The van der Waals surface area contributed by atoms with E-state index in [1.165, 1.54) is 0 Å². The van der Waals surface area contributed by atoms with Gasteiger partial charge in [-0.1, -0.05) is 18.2 Å². The number of hydrogen-bond donors (Lipinski definition) is 1. The van der Waals surface area contributed by atoms with Gasteiger partial charge in [0.2, 0.25) is 5.88 Å². The van der Waals surface area contributed by atoms with Crippen molar-refractivity contribution in [1.29, 1.82) is 0 Å². The summed E-state index contributed by atoms with van der Waals surface area (Å²) in [7, 11) is 0. The summed E-state index contributed by atoms with van der Waals surface area (Å²) in [6, 6.07) is 18.6. The smallest absolute Gasteiger partial charge is 0.261 e. The Morgan fingerprint density at radius 3 is 2.88 bits per heavy atom. The summed E-state index contributed by atoms with van der Waals surface area (Å²) in [5.41, 5.74) is 3.28. The lowest BCUT2D eigenvalue weighted by Gasteiger charge is -2.10. The van der Waals surface area contributed by atoms with Crippen LogP contribution in [-0.4, -0.2) is 37.3 Å². The van der Waals surface area contributed by atoms with Crippen LogP contribution in [0.25, 0.3) is 27.6 Å². The van der Waals surface area contributed by atoms with Gasteiger partial charge in [0.15, 0.2) is 11.5 Å². The summed E-state index contributed by atoms with van der Waals surface area (Å²) in [5, 5.41) is 18.1. The number of rotatable bonds is 6. The molecule has 0 aliphatic rings. The van der Waals surface area contributed by atoms with E-state index in [1.54, 1.807) is 34.2 Å². The summed E-state index contributed by atoms with van der Waals surface area (Å²) in [6.45, 7) is 2.28. The van der Waals surface area contributed by atoms with Gasteiger partial charge < -0.3 is 10.1 Å². The molecule has 5 rings (SSSR count). The Bertz CT molecular complexity index is 1400. The summed E-state index contributed by atoms with van der Waals surface area (Å²) in [5.74, 6) is 0.715. The first kappa shape index (κ1) is 19.8. The number of benzene rings is 1. The molecule has 1 amide bonds. The highest BCUT2D eigenvalue weighted by atomic mass is 32.1. The highest BCUT2D eigenvalue weighted by molar-refractivity contribution is 7.13. The molecular formula is C23H18N6O2S. The minimum absolute atomic E-state index is 0.291. The fourth-order valence-corrected chi connectivity index (χ4v) is 3.97. The second-order valence-corrected chi connectivity index (χ2v) is 7.76. The molecule has 0 spiro atoms. The van der Waals surface area contributed by atoms with Crippen LogP contribution in [0.15, 0.2) is 72.2 Å². The number of pyridine rings is 1. The van der Waals surface area contributed by atoms with Crippen LogP contribution >= 0.6 is 11.3 Å². The number of carbonyl (C=O) groups is 1. The van der Waals surface area contributed by atoms with Crippen LogP contribution in [0.5, 0.6) is 5.88 Å². The van der Waals surface area contributed by atoms with Crippen molar-refractivity contribution in [3.63, 3.8) is 0 Å². The number of ether oxygens (including phenoxy) is 1. The Morgan fingerprint density at radius 2 is 2.03 bits per heavy atom. The number of thiophene rings is 1. The Kier molecular flexibility index (Phi) is 5.30. The molecule has 0 atom stereocenters. The van der Waals surface area contributed by atoms with Crippen molar-refractivity contribution < 1.29 is 9.53 Å². The Labute approximate surface area is 187 Å². The third-order valence-electron chi connectivity index (χ3n) is 4.72. The largest absolute Gasteiger partial charge is 0.477 e. The van der Waals surface area contributed by atoms with E-state index in [1.807, 2.05) is 60.8 Å². The van der Waals surface area contributed by atoms with Crippen LogP contribution in [-0.2, 0) is 0 Å². The minimum atomic E-state index is -0.291. The number of nitrogens with one attached hydrogen (secondary N) is 1. The van der Waals surface area contributed by atoms with E-state index in [2.05, 4.69) is 20.5 Å². The fraction of sp³-hybridized carbons (Fsp3) is 0.0870. The van der Waals surface area contributed by atoms with Gasteiger partial charge in [-0.2, -0.15) is 9.61 Å². The second kappa shape index (κ2) is 8.56. The van der Waals surface area contributed by atoms with Gasteiger partial charge in [-0.3, -0.25) is 4.79 Å². The van der Waals surface area contributed by atoms with Crippen molar-refractivity contribution in [2.75, 3.05) is 11.9 Å². The molecular weight excluding hydrogens is 424 g/mol. The van der Waals surface area contributed by atoms with Gasteiger partial charge in [0, 0.05) is 17.4 Å². The van der Waals surface area contributed by atoms with Gasteiger partial charge >= 0.3 is 0 Å². The molecule has 32 heavy (non-hydrogen) atoms. The predicted molar refractivity (Wildman–Crippen MR) is 123 cm³/mol. The molecule has 0 bridgehead atoms. The molecule has 158 valence electrons. The molecule has 0 saturated heterocycles. The first-order valence-electron chi connectivity index (χ1n) is 9.99. The normalized spacial score (nSPS) is 10.9. The predicted octanol–water partition coefficient (Wildman–Crippen LogP) is 4.57. The minimum Gasteiger partial charge on any atom is -0.477 e. The lowest BCUT2D eigenvalue weighted by Crippen LogP contribution is -2.14. The van der Waals surface area contributed by atoms with Gasteiger partial charge in [0.1, 0.15) is 5.56 Å². The van der Waals surface area contributed by atoms with Gasteiger partial charge in [0.25, 0.3) is 5.91 Å². The monoisotopic (exact) mass is 442 g/mol. The standard InChI is InChI=1S/C23H18N6O2S/c1-2-31-23-17(8-4-12-24-23)22(30)25-16-7-3-6-15(14-16)18-10-11-20-26-27-21(29(20)28-18)19-9-5-13-32-19/h3-14H,2H2,1H3,(H,25,30). The maximum atomic E-state index is 12.8. The molecule has 0 fully saturated rings. The zero-order valence-electron chi connectivity index (χ0n) is 17.1. The molecule has 1 N–H and O–H groups in total. The molecule has 0 saturated carbocycles. The van der Waals surface area contributed by atoms with Crippen molar-refractivity contribution in [3.8, 4) is 27.8 Å². The van der Waals surface area contributed by atoms with Gasteiger partial charge in [-0.05, 0) is 54.8 Å². The number of fused-ring (bicyclic) bond motifs is 1. The van der Waals surface area contributed by atoms with Crippen molar-refractivity contribution >= 4 is 28.6 Å². The molecule has 5 aromatic rings. The maximum absolute atomic E-state index is 12.8. The first-order valence-corrected chi connectivity index (χ1v) is 10.9. The van der Waals surface area contributed by atoms with Crippen LogP contribution in [0, 0.1) is 0 Å². The van der Waals surface area contributed by atoms with E-state index < -0.39 is 0 Å². The fourth-order valence-electron chi connectivity index (χ4n) is 3.27. The summed E-state index contributed by atoms with van der Waals surface area (Å²) in [4.78, 5) is 17.9. The Morgan fingerprint density at radius 1 is 1.09 bits per heavy atom. The zero-order chi connectivity index (χ0) is 21.9. The van der Waals surface area contributed by atoms with E-state index in [0.717, 1.165) is 16.1 Å². The molecule has 0 aliphatic carbocycles. The molecule has 0 unspecified atom stereocenters. The first-order chi connectivity index (χ1) is 15.7. The van der Waals surface area contributed by atoms with Crippen LogP contribution in [0.4, 0.5) is 5.69 Å². The lowest BCUT2D eigenvalue weighted by atomic mass is 10.1. The Balaban J connectivity index is 1.45. The number of amides is 1. The molecule has 0 radical (unpaired) electrons. The Hall–Kier alpha value is -4.11. The van der Waals surface area contributed by atoms with Crippen LogP contribution in [0.1, 0.15) is 17.3 Å². The van der Waals surface area contributed by atoms with Crippen molar-refractivity contribution in [1.82, 2.24) is 24.8 Å². The lowest BCUT2D eigenvalue weighted by molar-refractivity contribution is 0.102. The summed E-state index contributed by atoms with van der Waals surface area (Å²) < 4.78 is 7.20. The molecule has 8 nitrogen and oxygen atoms in total. The summed E-state index contributed by atoms with van der Waals surface area (Å²) >= 11 is 1.58. The highest BCUT2D eigenvalue weighted by Gasteiger charge is 2.15.